The van der Waals surface area contributed by atoms with Gasteiger partial charge in [-0.3, -0.25) is 0 Å². The zero-order valence-electron chi connectivity index (χ0n) is 10.1. The second-order valence-corrected chi connectivity index (χ2v) is 3.45. The molecule has 0 N–H and O–H groups in total. The number of carboxylic acids is 2. The van der Waals surface area contributed by atoms with Gasteiger partial charge in [0.25, 0.3) is 0 Å². The first-order chi connectivity index (χ1) is 7.88. The average Bonchev–Trinajstić information content (AvgIpc) is 2.13. The zero-order valence-corrected chi connectivity index (χ0v) is 15.6. The van der Waals surface area contributed by atoms with Crippen molar-refractivity contribution in [3.63, 3.8) is 0 Å². The molecule has 0 unspecified atom stereocenters. The summed E-state index contributed by atoms with van der Waals surface area (Å²) in [4.78, 5) is 32.1. The molecule has 0 bridgehead atoms. The van der Waals surface area contributed by atoms with E-state index < -0.39 is 25.0 Å². The minimum atomic E-state index is -1.51. The van der Waals surface area contributed by atoms with Gasteiger partial charge in [-0.15, -0.1) is 0 Å². The van der Waals surface area contributed by atoms with E-state index in [2.05, 4.69) is 15.0 Å². The van der Waals surface area contributed by atoms with Gasteiger partial charge in [0.05, 0.1) is 25.0 Å². The Labute approximate surface area is 162 Å². The monoisotopic (exact) mass is 324 g/mol. The SMILES string of the molecule is O=C([O-])CN(CC(=O)[O-])c1nc(Cl)nc(Cl)n1.[Na+].[Na+]. The Bertz CT molecular complexity index is 428. The number of nitrogens with zero attached hydrogens (tertiary/aromatic N) is 4. The minimum Gasteiger partial charge on any atom is -0.548 e. The molecule has 1 heterocycles. The second kappa shape index (κ2) is 10.1. The van der Waals surface area contributed by atoms with Gasteiger partial charge >= 0.3 is 59.1 Å². The van der Waals surface area contributed by atoms with E-state index in [0.29, 0.717) is 0 Å². The van der Waals surface area contributed by atoms with Crippen LogP contribution in [0.3, 0.4) is 0 Å². The van der Waals surface area contributed by atoms with E-state index in [1.54, 1.807) is 0 Å². The van der Waals surface area contributed by atoms with Crippen molar-refractivity contribution >= 4 is 41.1 Å². The van der Waals surface area contributed by atoms with Gasteiger partial charge in [-0.2, -0.15) is 15.0 Å². The topological polar surface area (TPSA) is 122 Å². The third-order valence-corrected chi connectivity index (χ3v) is 1.83. The molecule has 0 aromatic carbocycles. The number of hydrogen-bond donors (Lipinski definition) is 0. The molecule has 92 valence electrons. The van der Waals surface area contributed by atoms with Crippen molar-refractivity contribution < 1.29 is 78.9 Å². The maximum Gasteiger partial charge on any atom is 1.00 e. The first kappa shape index (κ1) is 21.6. The first-order valence-electron chi connectivity index (χ1n) is 4.10. The zero-order chi connectivity index (χ0) is 13.0. The molecule has 0 radical (unpaired) electrons. The number of anilines is 1. The van der Waals surface area contributed by atoms with E-state index in [-0.39, 0.29) is 75.6 Å². The van der Waals surface area contributed by atoms with Crippen LogP contribution in [0, 0.1) is 0 Å². The van der Waals surface area contributed by atoms with Crippen LogP contribution in [0.4, 0.5) is 5.95 Å². The van der Waals surface area contributed by atoms with Crippen molar-refractivity contribution in [2.24, 2.45) is 0 Å². The number of carboxylic acid groups (broad SMARTS) is 2. The molecule has 0 aliphatic rings. The number of aliphatic carboxylic acids is 2. The van der Waals surface area contributed by atoms with Crippen LogP contribution in [0.15, 0.2) is 0 Å². The van der Waals surface area contributed by atoms with Crippen LogP contribution in [-0.2, 0) is 9.59 Å². The molecule has 1 aromatic heterocycles. The number of halogens is 2. The molecule has 0 saturated heterocycles. The predicted octanol–water partition coefficient (Wildman–Crippen LogP) is -8.51. The Kier molecular flexibility index (Phi) is 11.5. The third kappa shape index (κ3) is 8.26. The molecule has 0 spiro atoms. The number of rotatable bonds is 5. The average molecular weight is 325 g/mol. The molecule has 1 aromatic rings. The van der Waals surface area contributed by atoms with E-state index >= 15 is 0 Å². The van der Waals surface area contributed by atoms with E-state index in [0.717, 1.165) is 4.90 Å². The number of carbonyl (C=O) groups is 2. The number of hydrogen-bond acceptors (Lipinski definition) is 8. The molecule has 8 nitrogen and oxygen atoms in total. The molecular formula is C7H4Cl2N4Na2O4. The molecule has 1 rings (SSSR count). The molecule has 0 amide bonds. The van der Waals surface area contributed by atoms with Crippen LogP contribution in [0.25, 0.3) is 0 Å². The van der Waals surface area contributed by atoms with Crippen LogP contribution in [-0.4, -0.2) is 40.0 Å². The summed E-state index contributed by atoms with van der Waals surface area (Å²) >= 11 is 10.9. The quantitative estimate of drug-likeness (QED) is 0.489. The normalized spacial score (nSPS) is 8.95. The van der Waals surface area contributed by atoms with Crippen molar-refractivity contribution in [2.45, 2.75) is 0 Å². The summed E-state index contributed by atoms with van der Waals surface area (Å²) in [5.74, 6) is -3.32. The third-order valence-electron chi connectivity index (χ3n) is 1.49. The summed E-state index contributed by atoms with van der Waals surface area (Å²) in [6.45, 7) is -1.49. The Morgan fingerprint density at radius 3 is 1.63 bits per heavy atom. The minimum absolute atomic E-state index is 0. The van der Waals surface area contributed by atoms with Crippen molar-refractivity contribution in [1.82, 2.24) is 15.0 Å². The largest absolute Gasteiger partial charge is 1.00 e. The van der Waals surface area contributed by atoms with Crippen LogP contribution >= 0.6 is 23.2 Å². The van der Waals surface area contributed by atoms with Crippen LogP contribution in [0.2, 0.25) is 10.6 Å². The Morgan fingerprint density at radius 1 is 0.947 bits per heavy atom. The van der Waals surface area contributed by atoms with E-state index in [1.807, 2.05) is 0 Å². The summed E-state index contributed by atoms with van der Waals surface area (Å²) < 4.78 is 0. The van der Waals surface area contributed by atoms with E-state index in [9.17, 15) is 19.8 Å². The van der Waals surface area contributed by atoms with Crippen LogP contribution in [0.1, 0.15) is 0 Å². The van der Waals surface area contributed by atoms with Crippen molar-refractivity contribution in [3.8, 4) is 0 Å². The number of aromatic nitrogens is 3. The van der Waals surface area contributed by atoms with Crippen LogP contribution in [0.5, 0.6) is 0 Å². The van der Waals surface area contributed by atoms with Gasteiger partial charge in [-0.25, -0.2) is 0 Å². The molecular weight excluding hydrogens is 321 g/mol. The first-order valence-corrected chi connectivity index (χ1v) is 4.86. The fourth-order valence-electron chi connectivity index (χ4n) is 0.967. The summed E-state index contributed by atoms with van der Waals surface area (Å²) in [6, 6.07) is 0. The molecule has 0 fully saturated rings. The van der Waals surface area contributed by atoms with E-state index in [4.69, 9.17) is 23.2 Å². The maximum absolute atomic E-state index is 10.4. The van der Waals surface area contributed by atoms with Crippen molar-refractivity contribution in [2.75, 3.05) is 18.0 Å². The van der Waals surface area contributed by atoms with Crippen LogP contribution < -0.4 is 74.2 Å². The molecule has 0 atom stereocenters. The van der Waals surface area contributed by atoms with Gasteiger partial charge < -0.3 is 24.7 Å². The van der Waals surface area contributed by atoms with Gasteiger partial charge in [0, 0.05) is 0 Å². The predicted molar refractivity (Wildman–Crippen MR) is 52.1 cm³/mol. The Balaban J connectivity index is 0. The van der Waals surface area contributed by atoms with Gasteiger partial charge in [0.2, 0.25) is 16.5 Å². The fraction of sp³-hybridized carbons (Fsp3) is 0.286. The van der Waals surface area contributed by atoms with Gasteiger partial charge in [-0.05, 0) is 23.2 Å². The Hall–Kier alpha value is 0.330. The number of carbonyl (C=O) groups excluding carboxylic acids is 2. The van der Waals surface area contributed by atoms with Crippen molar-refractivity contribution in [1.29, 1.82) is 0 Å². The Morgan fingerprint density at radius 2 is 1.32 bits per heavy atom. The van der Waals surface area contributed by atoms with Gasteiger partial charge in [-0.1, -0.05) is 0 Å². The van der Waals surface area contributed by atoms with Gasteiger partial charge in [0.15, 0.2) is 0 Å². The smallest absolute Gasteiger partial charge is 0.548 e. The van der Waals surface area contributed by atoms with E-state index in [1.165, 1.54) is 0 Å². The molecule has 0 aliphatic heterocycles. The summed E-state index contributed by atoms with van der Waals surface area (Å²) in [7, 11) is 0. The second-order valence-electron chi connectivity index (χ2n) is 2.77. The fourth-order valence-corrected chi connectivity index (χ4v) is 1.32. The molecule has 12 heteroatoms. The van der Waals surface area contributed by atoms with Gasteiger partial charge in [0.1, 0.15) is 0 Å². The van der Waals surface area contributed by atoms with Crippen molar-refractivity contribution in [3.05, 3.63) is 10.6 Å². The standard InChI is InChI=1S/C7H6Cl2N4O4.2Na/c8-5-10-6(9)12-7(11-5)13(1-3(14)15)2-4(16)17;;/h1-2H2,(H,14,15)(H,16,17);;/q;2*+1/p-2. The summed E-state index contributed by atoms with van der Waals surface area (Å²) in [5, 5.41) is 20.3. The summed E-state index contributed by atoms with van der Waals surface area (Å²) in [6.07, 6.45) is 0. The molecule has 0 saturated carbocycles. The molecule has 0 aliphatic carbocycles. The molecule has 19 heavy (non-hydrogen) atoms. The summed E-state index contributed by atoms with van der Waals surface area (Å²) in [5.41, 5.74) is 0. The maximum atomic E-state index is 10.4.